The van der Waals surface area contributed by atoms with E-state index >= 15 is 0 Å². The summed E-state index contributed by atoms with van der Waals surface area (Å²) in [6, 6.07) is 9.27. The first-order valence-corrected chi connectivity index (χ1v) is 6.00. The molecule has 86 valence electrons. The Kier molecular flexibility index (Phi) is 3.56. The number of aromatic hydroxyl groups is 1. The zero-order chi connectivity index (χ0) is 12.3. The highest BCUT2D eigenvalue weighted by molar-refractivity contribution is 6.37. The maximum Gasteiger partial charge on any atom is 0.134 e. The smallest absolute Gasteiger partial charge is 0.134 e. The van der Waals surface area contributed by atoms with Gasteiger partial charge < -0.3 is 5.11 Å². The van der Waals surface area contributed by atoms with E-state index < -0.39 is 0 Å². The summed E-state index contributed by atoms with van der Waals surface area (Å²) >= 11 is 6.02. The Bertz CT molecular complexity index is 605. The monoisotopic (exact) mass is 244 g/mol. The summed E-state index contributed by atoms with van der Waals surface area (Å²) < 4.78 is 0. The molecule has 2 heteroatoms. The van der Waals surface area contributed by atoms with Gasteiger partial charge >= 0.3 is 0 Å². The van der Waals surface area contributed by atoms with Crippen LogP contribution in [-0.2, 0) is 0 Å². The number of benzene rings is 2. The van der Waals surface area contributed by atoms with Crippen LogP contribution in [0.4, 0.5) is 0 Å². The highest BCUT2D eigenvalue weighted by Crippen LogP contribution is 2.31. The minimum Gasteiger partial charge on any atom is -0.506 e. The minimum atomic E-state index is 0.115. The lowest BCUT2D eigenvalue weighted by atomic mass is 10.1. The van der Waals surface area contributed by atoms with Crippen molar-refractivity contribution in [2.24, 2.45) is 0 Å². The van der Waals surface area contributed by atoms with Gasteiger partial charge in [-0.1, -0.05) is 42.5 Å². The first kappa shape index (κ1) is 11.8. The second-order valence-corrected chi connectivity index (χ2v) is 4.26. The van der Waals surface area contributed by atoms with Gasteiger partial charge in [0.2, 0.25) is 0 Å². The minimum absolute atomic E-state index is 0.115. The standard InChI is InChI=1S/C15H13ClO/c1-2-3-4-5-11-6-8-13-12(10-11)7-9-14(17)15(13)16/h6-10,17H,2-3H2,1H3. The maximum absolute atomic E-state index is 9.50. The number of fused-ring (bicyclic) bond motifs is 1. The summed E-state index contributed by atoms with van der Waals surface area (Å²) in [6.07, 6.45) is 1.98. The van der Waals surface area contributed by atoms with Crippen LogP contribution in [0.3, 0.4) is 0 Å². The van der Waals surface area contributed by atoms with Crippen molar-refractivity contribution in [3.05, 3.63) is 40.9 Å². The normalized spacial score (nSPS) is 10.0. The summed E-state index contributed by atoms with van der Waals surface area (Å²) in [6.45, 7) is 2.11. The van der Waals surface area contributed by atoms with Crippen molar-refractivity contribution in [2.45, 2.75) is 19.8 Å². The summed E-state index contributed by atoms with van der Waals surface area (Å²) in [5, 5.41) is 11.7. The van der Waals surface area contributed by atoms with E-state index in [1.54, 1.807) is 6.07 Å². The molecule has 0 aromatic heterocycles. The average Bonchev–Trinajstić information content (AvgIpc) is 2.34. The Morgan fingerprint density at radius 1 is 1.24 bits per heavy atom. The van der Waals surface area contributed by atoms with Crippen molar-refractivity contribution in [1.82, 2.24) is 0 Å². The van der Waals surface area contributed by atoms with Crippen LogP contribution in [-0.4, -0.2) is 5.11 Å². The molecule has 0 radical (unpaired) electrons. The van der Waals surface area contributed by atoms with Gasteiger partial charge in [0.05, 0.1) is 5.02 Å². The number of halogens is 1. The Morgan fingerprint density at radius 2 is 2.06 bits per heavy atom. The average molecular weight is 245 g/mol. The van der Waals surface area contributed by atoms with Gasteiger partial charge in [-0.05, 0) is 30.0 Å². The predicted octanol–water partition coefficient (Wildman–Crippen LogP) is 4.35. The van der Waals surface area contributed by atoms with Crippen molar-refractivity contribution in [3.8, 4) is 17.6 Å². The number of hydrogen-bond donors (Lipinski definition) is 1. The lowest BCUT2D eigenvalue weighted by molar-refractivity contribution is 0.476. The highest BCUT2D eigenvalue weighted by Gasteiger charge is 2.03. The summed E-state index contributed by atoms with van der Waals surface area (Å²) in [5.41, 5.74) is 0.979. The van der Waals surface area contributed by atoms with Gasteiger partial charge in [-0.3, -0.25) is 0 Å². The Labute approximate surface area is 106 Å². The first-order valence-electron chi connectivity index (χ1n) is 5.62. The van der Waals surface area contributed by atoms with Crippen LogP contribution in [0, 0.1) is 11.8 Å². The van der Waals surface area contributed by atoms with Crippen molar-refractivity contribution >= 4 is 22.4 Å². The van der Waals surface area contributed by atoms with E-state index in [0.29, 0.717) is 5.02 Å². The topological polar surface area (TPSA) is 20.2 Å². The van der Waals surface area contributed by atoms with Gasteiger partial charge in [-0.15, -0.1) is 0 Å². The molecule has 0 bridgehead atoms. The number of rotatable bonds is 1. The molecule has 0 unspecified atom stereocenters. The molecule has 0 saturated heterocycles. The summed E-state index contributed by atoms with van der Waals surface area (Å²) in [5.74, 6) is 6.34. The van der Waals surface area contributed by atoms with Gasteiger partial charge in [0.1, 0.15) is 5.75 Å². The van der Waals surface area contributed by atoms with Crippen molar-refractivity contribution in [1.29, 1.82) is 0 Å². The molecule has 0 aliphatic carbocycles. The molecule has 0 heterocycles. The number of hydrogen-bond acceptors (Lipinski definition) is 1. The molecular weight excluding hydrogens is 232 g/mol. The highest BCUT2D eigenvalue weighted by atomic mass is 35.5. The van der Waals surface area contributed by atoms with Gasteiger partial charge in [0, 0.05) is 17.4 Å². The first-order chi connectivity index (χ1) is 8.22. The molecular formula is C15H13ClO. The van der Waals surface area contributed by atoms with E-state index in [0.717, 1.165) is 29.2 Å². The zero-order valence-corrected chi connectivity index (χ0v) is 10.4. The van der Waals surface area contributed by atoms with E-state index in [2.05, 4.69) is 18.8 Å². The third-order valence-electron chi connectivity index (χ3n) is 2.54. The van der Waals surface area contributed by atoms with Crippen LogP contribution in [0.1, 0.15) is 25.3 Å². The quantitative estimate of drug-likeness (QED) is 0.740. The molecule has 0 spiro atoms. The Morgan fingerprint density at radius 3 is 2.82 bits per heavy atom. The van der Waals surface area contributed by atoms with Crippen LogP contribution in [0.5, 0.6) is 5.75 Å². The molecule has 0 aliphatic heterocycles. The molecule has 0 amide bonds. The number of unbranched alkanes of at least 4 members (excludes halogenated alkanes) is 1. The summed E-state index contributed by atoms with van der Waals surface area (Å²) in [7, 11) is 0. The third-order valence-corrected chi connectivity index (χ3v) is 2.94. The van der Waals surface area contributed by atoms with Gasteiger partial charge in [-0.25, -0.2) is 0 Å². The van der Waals surface area contributed by atoms with E-state index in [1.165, 1.54) is 0 Å². The zero-order valence-electron chi connectivity index (χ0n) is 9.63. The predicted molar refractivity (Wildman–Crippen MR) is 72.4 cm³/mol. The fourth-order valence-corrected chi connectivity index (χ4v) is 1.88. The Balaban J connectivity index is 2.46. The number of phenolic OH excluding ortho intramolecular Hbond substituents is 1. The molecule has 2 rings (SSSR count). The molecule has 2 aromatic carbocycles. The number of phenols is 1. The molecule has 0 atom stereocenters. The van der Waals surface area contributed by atoms with Crippen molar-refractivity contribution < 1.29 is 5.11 Å². The fourth-order valence-electron chi connectivity index (χ4n) is 1.65. The lowest BCUT2D eigenvalue weighted by Gasteiger charge is -2.03. The molecule has 0 saturated carbocycles. The fraction of sp³-hybridized carbons (Fsp3) is 0.200. The van der Waals surface area contributed by atoms with Crippen LogP contribution in [0.25, 0.3) is 10.8 Å². The van der Waals surface area contributed by atoms with Gasteiger partial charge in [0.25, 0.3) is 0 Å². The van der Waals surface area contributed by atoms with Crippen LogP contribution >= 0.6 is 11.6 Å². The van der Waals surface area contributed by atoms with Crippen LogP contribution < -0.4 is 0 Å². The largest absolute Gasteiger partial charge is 0.506 e. The van der Waals surface area contributed by atoms with Crippen molar-refractivity contribution in [3.63, 3.8) is 0 Å². The summed E-state index contributed by atoms with van der Waals surface area (Å²) in [4.78, 5) is 0. The van der Waals surface area contributed by atoms with Gasteiger partial charge in [0.15, 0.2) is 0 Å². The molecule has 2 aromatic rings. The third kappa shape index (κ3) is 2.54. The molecule has 1 N–H and O–H groups in total. The second-order valence-electron chi connectivity index (χ2n) is 3.89. The maximum atomic E-state index is 9.50. The molecule has 1 nitrogen and oxygen atoms in total. The van der Waals surface area contributed by atoms with Crippen LogP contribution in [0.15, 0.2) is 30.3 Å². The van der Waals surface area contributed by atoms with E-state index in [9.17, 15) is 5.11 Å². The van der Waals surface area contributed by atoms with Gasteiger partial charge in [-0.2, -0.15) is 0 Å². The molecule has 0 fully saturated rings. The van der Waals surface area contributed by atoms with E-state index in [4.69, 9.17) is 11.6 Å². The molecule has 17 heavy (non-hydrogen) atoms. The van der Waals surface area contributed by atoms with Crippen LogP contribution in [0.2, 0.25) is 5.02 Å². The van der Waals surface area contributed by atoms with E-state index in [-0.39, 0.29) is 5.75 Å². The lowest BCUT2D eigenvalue weighted by Crippen LogP contribution is -1.79. The molecule has 0 aliphatic rings. The Hall–Kier alpha value is -1.65. The van der Waals surface area contributed by atoms with E-state index in [1.807, 2.05) is 24.3 Å². The van der Waals surface area contributed by atoms with Crippen molar-refractivity contribution in [2.75, 3.05) is 0 Å². The SMILES string of the molecule is CCCC#Cc1ccc2c(Cl)c(O)ccc2c1. The second kappa shape index (κ2) is 5.12.